The van der Waals surface area contributed by atoms with Gasteiger partial charge in [-0.25, -0.2) is 0 Å². The summed E-state index contributed by atoms with van der Waals surface area (Å²) in [5.41, 5.74) is 1.84. The summed E-state index contributed by atoms with van der Waals surface area (Å²) in [6, 6.07) is 7.65. The van der Waals surface area contributed by atoms with E-state index >= 15 is 0 Å². The number of hydrogen-bond acceptors (Lipinski definition) is 2. The van der Waals surface area contributed by atoms with E-state index < -0.39 is 0 Å². The molecule has 0 saturated heterocycles. The molecule has 2 aromatic rings. The molecule has 0 radical (unpaired) electrons. The lowest BCUT2D eigenvalue weighted by molar-refractivity contribution is 0.0761. The maximum Gasteiger partial charge on any atom is 0.290 e. The Balaban J connectivity index is 2.34. The van der Waals surface area contributed by atoms with Gasteiger partial charge >= 0.3 is 0 Å². The van der Waals surface area contributed by atoms with Crippen LogP contribution in [0.4, 0.5) is 0 Å². The first kappa shape index (κ1) is 13.1. The molecule has 0 aliphatic carbocycles. The number of amides is 1. The van der Waals surface area contributed by atoms with Crippen molar-refractivity contribution in [1.82, 2.24) is 4.90 Å². The fraction of sp³-hybridized carbons (Fsp3) is 0.188. The van der Waals surface area contributed by atoms with Crippen LogP contribution in [0.3, 0.4) is 0 Å². The highest BCUT2D eigenvalue weighted by atomic mass is 16.3. The molecule has 19 heavy (non-hydrogen) atoms. The minimum atomic E-state index is -0.145. The number of carbonyl (C=O) groups is 1. The van der Waals surface area contributed by atoms with Crippen molar-refractivity contribution in [3.63, 3.8) is 0 Å². The summed E-state index contributed by atoms with van der Waals surface area (Å²) < 4.78 is 5.62. The molecular weight excluding hydrogens is 238 g/mol. The van der Waals surface area contributed by atoms with Gasteiger partial charge in [0.15, 0.2) is 5.76 Å². The van der Waals surface area contributed by atoms with Crippen molar-refractivity contribution in [1.29, 1.82) is 0 Å². The molecule has 3 nitrogen and oxygen atoms in total. The number of furan rings is 1. The number of carbonyl (C=O) groups excluding carboxylic acids is 1. The van der Waals surface area contributed by atoms with Gasteiger partial charge in [-0.05, 0) is 24.6 Å². The summed E-state index contributed by atoms with van der Waals surface area (Å²) in [6.45, 7) is 10.2. The number of fused-ring (bicyclic) bond motifs is 1. The van der Waals surface area contributed by atoms with Gasteiger partial charge in [-0.2, -0.15) is 0 Å². The van der Waals surface area contributed by atoms with E-state index in [1.54, 1.807) is 23.1 Å². The Morgan fingerprint density at radius 2 is 1.95 bits per heavy atom. The van der Waals surface area contributed by atoms with Crippen molar-refractivity contribution >= 4 is 16.9 Å². The minimum absolute atomic E-state index is 0.145. The first-order valence-electron chi connectivity index (χ1n) is 6.17. The van der Waals surface area contributed by atoms with Crippen LogP contribution < -0.4 is 0 Å². The molecule has 0 unspecified atom stereocenters. The van der Waals surface area contributed by atoms with Gasteiger partial charge in [0, 0.05) is 18.5 Å². The van der Waals surface area contributed by atoms with Crippen molar-refractivity contribution in [3.8, 4) is 0 Å². The summed E-state index contributed by atoms with van der Waals surface area (Å²) >= 11 is 0. The lowest BCUT2D eigenvalue weighted by Gasteiger charge is -2.17. The van der Waals surface area contributed by atoms with Crippen molar-refractivity contribution < 1.29 is 9.21 Å². The van der Waals surface area contributed by atoms with Crippen molar-refractivity contribution in [2.75, 3.05) is 13.1 Å². The molecule has 3 heteroatoms. The van der Waals surface area contributed by atoms with E-state index in [1.165, 1.54) is 0 Å². The van der Waals surface area contributed by atoms with Gasteiger partial charge in [0.25, 0.3) is 5.91 Å². The van der Waals surface area contributed by atoms with E-state index in [9.17, 15) is 4.79 Å². The number of hydrogen-bond donors (Lipinski definition) is 0. The third kappa shape index (κ3) is 2.76. The lowest BCUT2D eigenvalue weighted by atomic mass is 10.2. The highest BCUT2D eigenvalue weighted by Gasteiger charge is 2.17. The Bertz CT molecular complexity index is 615. The molecule has 98 valence electrons. The van der Waals surface area contributed by atoms with Crippen LogP contribution in [-0.2, 0) is 0 Å². The Hall–Kier alpha value is -2.29. The maximum absolute atomic E-state index is 12.3. The molecule has 0 aliphatic heterocycles. The summed E-state index contributed by atoms with van der Waals surface area (Å²) in [7, 11) is 0. The minimum Gasteiger partial charge on any atom is -0.451 e. The quantitative estimate of drug-likeness (QED) is 0.765. The van der Waals surface area contributed by atoms with E-state index in [4.69, 9.17) is 4.42 Å². The Morgan fingerprint density at radius 1 is 1.26 bits per heavy atom. The van der Waals surface area contributed by atoms with Gasteiger partial charge in [-0.1, -0.05) is 24.3 Å². The molecule has 1 aromatic carbocycles. The fourth-order valence-electron chi connectivity index (χ4n) is 1.95. The highest BCUT2D eigenvalue weighted by Crippen LogP contribution is 2.21. The van der Waals surface area contributed by atoms with Crippen LogP contribution in [0.2, 0.25) is 0 Å². The molecule has 1 heterocycles. The average molecular weight is 255 g/mol. The third-order valence-electron chi connectivity index (χ3n) is 2.87. The van der Waals surface area contributed by atoms with Gasteiger partial charge in [-0.15, -0.1) is 13.2 Å². The molecule has 0 saturated carbocycles. The zero-order valence-corrected chi connectivity index (χ0v) is 11.1. The predicted molar refractivity (Wildman–Crippen MR) is 77.2 cm³/mol. The van der Waals surface area contributed by atoms with Crippen LogP contribution in [-0.4, -0.2) is 23.9 Å². The van der Waals surface area contributed by atoms with Crippen molar-refractivity contribution in [3.05, 3.63) is 60.9 Å². The Morgan fingerprint density at radius 3 is 2.58 bits per heavy atom. The number of nitrogens with zero attached hydrogens (tertiary/aromatic N) is 1. The summed E-state index contributed by atoms with van der Waals surface area (Å²) in [6.07, 6.45) is 3.38. The van der Waals surface area contributed by atoms with Crippen LogP contribution in [0.5, 0.6) is 0 Å². The molecular formula is C16H17NO2. The Kier molecular flexibility index (Phi) is 3.85. The topological polar surface area (TPSA) is 33.5 Å². The molecule has 1 aromatic heterocycles. The monoisotopic (exact) mass is 255 g/mol. The molecule has 0 bridgehead atoms. The first-order valence-corrected chi connectivity index (χ1v) is 6.17. The molecule has 0 N–H and O–H groups in total. The summed E-state index contributed by atoms with van der Waals surface area (Å²) in [5.74, 6) is 0.206. The van der Waals surface area contributed by atoms with E-state index in [1.807, 2.05) is 25.1 Å². The van der Waals surface area contributed by atoms with Gasteiger partial charge in [0.1, 0.15) is 5.58 Å². The van der Waals surface area contributed by atoms with E-state index in [-0.39, 0.29) is 5.91 Å². The summed E-state index contributed by atoms with van der Waals surface area (Å²) in [5, 5.41) is 0.936. The van der Waals surface area contributed by atoms with E-state index in [2.05, 4.69) is 13.2 Å². The molecule has 2 rings (SSSR count). The van der Waals surface area contributed by atoms with Crippen LogP contribution in [0.25, 0.3) is 11.0 Å². The molecule has 1 amide bonds. The smallest absolute Gasteiger partial charge is 0.290 e. The second kappa shape index (κ2) is 5.57. The van der Waals surface area contributed by atoms with Gasteiger partial charge < -0.3 is 9.32 Å². The van der Waals surface area contributed by atoms with Gasteiger partial charge in [-0.3, -0.25) is 4.79 Å². The molecule has 0 aliphatic rings. The van der Waals surface area contributed by atoms with Gasteiger partial charge in [0.05, 0.1) is 0 Å². The predicted octanol–water partition coefficient (Wildman–Crippen LogP) is 3.56. The van der Waals surface area contributed by atoms with Crippen LogP contribution in [0, 0.1) is 6.92 Å². The van der Waals surface area contributed by atoms with Crippen molar-refractivity contribution in [2.24, 2.45) is 0 Å². The molecule has 0 fully saturated rings. The zero-order chi connectivity index (χ0) is 13.8. The fourth-order valence-corrected chi connectivity index (χ4v) is 1.95. The highest BCUT2D eigenvalue weighted by molar-refractivity contribution is 5.96. The second-order valence-electron chi connectivity index (χ2n) is 4.44. The molecule has 0 atom stereocenters. The SMILES string of the molecule is C=CCN(CC=C)C(=O)c1cc2ccc(C)cc2o1. The normalized spacial score (nSPS) is 10.4. The number of benzene rings is 1. The van der Waals surface area contributed by atoms with Crippen molar-refractivity contribution in [2.45, 2.75) is 6.92 Å². The second-order valence-corrected chi connectivity index (χ2v) is 4.44. The third-order valence-corrected chi connectivity index (χ3v) is 2.87. The number of rotatable bonds is 5. The molecule has 0 spiro atoms. The standard InChI is InChI=1S/C16H17NO2/c1-4-8-17(9-5-2)16(18)15-11-13-7-6-12(3)10-14(13)19-15/h4-7,10-11H,1-2,8-9H2,3H3. The summed E-state index contributed by atoms with van der Waals surface area (Å²) in [4.78, 5) is 13.9. The largest absolute Gasteiger partial charge is 0.451 e. The van der Waals surface area contributed by atoms with Gasteiger partial charge in [0.2, 0.25) is 0 Å². The number of aryl methyl sites for hydroxylation is 1. The van der Waals surface area contributed by atoms with Crippen LogP contribution in [0.15, 0.2) is 54.0 Å². The maximum atomic E-state index is 12.3. The Labute approximate surface area is 112 Å². The van der Waals surface area contributed by atoms with E-state index in [0.29, 0.717) is 18.8 Å². The lowest BCUT2D eigenvalue weighted by Crippen LogP contribution is -2.30. The zero-order valence-electron chi connectivity index (χ0n) is 11.1. The van der Waals surface area contributed by atoms with Crippen LogP contribution >= 0.6 is 0 Å². The average Bonchev–Trinajstić information content (AvgIpc) is 2.80. The first-order chi connectivity index (χ1) is 9.15. The van der Waals surface area contributed by atoms with E-state index in [0.717, 1.165) is 16.5 Å². The van der Waals surface area contributed by atoms with Crippen LogP contribution in [0.1, 0.15) is 16.1 Å².